The first-order valence-electron chi connectivity index (χ1n) is 14.0. The number of carbonyl (C=O) groups excluding carboxylic acids is 2. The Bertz CT molecular complexity index is 1580. The lowest BCUT2D eigenvalue weighted by Crippen LogP contribution is -2.54. The number of sulfonamides is 1. The number of hydrogen-bond donors (Lipinski definition) is 1. The van der Waals surface area contributed by atoms with E-state index >= 15 is 0 Å². The molecule has 0 radical (unpaired) electrons. The number of carbonyl (C=O) groups is 2. The lowest BCUT2D eigenvalue weighted by molar-refractivity contribution is -0.384. The highest BCUT2D eigenvalue weighted by Gasteiger charge is 2.35. The van der Waals surface area contributed by atoms with E-state index in [0.29, 0.717) is 16.1 Å². The maximum absolute atomic E-state index is 14.2. The van der Waals surface area contributed by atoms with Gasteiger partial charge in [0.2, 0.25) is 21.8 Å². The summed E-state index contributed by atoms with van der Waals surface area (Å²) in [5.74, 6) is -0.970. The molecule has 1 unspecified atom stereocenters. The molecule has 0 spiro atoms. The van der Waals surface area contributed by atoms with Crippen molar-refractivity contribution in [3.8, 4) is 0 Å². The number of nitro groups is 1. The fraction of sp³-hybridized carbons (Fsp3) is 0.355. The highest BCUT2D eigenvalue weighted by atomic mass is 35.5. The topological polar surface area (TPSA) is 130 Å². The van der Waals surface area contributed by atoms with E-state index in [-0.39, 0.29) is 36.3 Å². The first-order chi connectivity index (χ1) is 20.4. The summed E-state index contributed by atoms with van der Waals surface area (Å²) < 4.78 is 26.9. The number of benzene rings is 3. The predicted molar refractivity (Wildman–Crippen MR) is 166 cm³/mol. The molecule has 0 heterocycles. The molecule has 3 aromatic carbocycles. The Hall–Kier alpha value is -3.96. The molecule has 3 aromatic rings. The zero-order valence-corrected chi connectivity index (χ0v) is 25.7. The van der Waals surface area contributed by atoms with Crippen molar-refractivity contribution in [1.29, 1.82) is 0 Å². The van der Waals surface area contributed by atoms with Crippen molar-refractivity contribution in [3.63, 3.8) is 0 Å². The van der Waals surface area contributed by atoms with E-state index in [4.69, 9.17) is 11.6 Å². The Morgan fingerprint density at radius 2 is 1.70 bits per heavy atom. The number of non-ortho nitro benzene ring substituents is 1. The van der Waals surface area contributed by atoms with E-state index < -0.39 is 33.4 Å². The Balaban J connectivity index is 1.76. The average Bonchev–Trinajstić information content (AvgIpc) is 3.47. The molecule has 1 saturated carbocycles. The number of nitro benzene ring substituents is 1. The van der Waals surface area contributed by atoms with E-state index in [1.54, 1.807) is 31.2 Å². The fourth-order valence-electron chi connectivity index (χ4n) is 5.33. The van der Waals surface area contributed by atoms with E-state index in [9.17, 15) is 28.1 Å². The summed E-state index contributed by atoms with van der Waals surface area (Å²) in [5, 5.41) is 15.0. The van der Waals surface area contributed by atoms with Crippen LogP contribution in [-0.2, 0) is 32.6 Å². The molecule has 43 heavy (non-hydrogen) atoms. The predicted octanol–water partition coefficient (Wildman–Crippen LogP) is 5.02. The largest absolute Gasteiger partial charge is 0.352 e. The second-order valence-electron chi connectivity index (χ2n) is 10.8. The second kappa shape index (κ2) is 14.0. The van der Waals surface area contributed by atoms with Crippen molar-refractivity contribution in [2.75, 3.05) is 17.1 Å². The van der Waals surface area contributed by atoms with Crippen molar-refractivity contribution >= 4 is 44.8 Å². The van der Waals surface area contributed by atoms with Crippen LogP contribution in [0.5, 0.6) is 0 Å². The van der Waals surface area contributed by atoms with E-state index in [1.807, 2.05) is 30.3 Å². The van der Waals surface area contributed by atoms with Crippen molar-refractivity contribution in [2.45, 2.75) is 57.7 Å². The molecule has 4 rings (SSSR count). The van der Waals surface area contributed by atoms with Crippen LogP contribution in [0.3, 0.4) is 0 Å². The zero-order valence-electron chi connectivity index (χ0n) is 24.1. The maximum atomic E-state index is 14.2. The Morgan fingerprint density at radius 1 is 1.02 bits per heavy atom. The van der Waals surface area contributed by atoms with Crippen LogP contribution in [0, 0.1) is 17.0 Å². The molecule has 0 aromatic heterocycles. The first kappa shape index (κ1) is 32.0. The Labute approximate surface area is 256 Å². The molecule has 1 aliphatic rings. The van der Waals surface area contributed by atoms with Gasteiger partial charge in [-0.1, -0.05) is 73.0 Å². The molecule has 1 aliphatic carbocycles. The lowest BCUT2D eigenvalue weighted by atomic mass is 10.0. The normalized spacial score (nSPS) is 14.2. The highest BCUT2D eigenvalue weighted by Crippen LogP contribution is 2.28. The Kier molecular flexibility index (Phi) is 10.4. The van der Waals surface area contributed by atoms with Crippen molar-refractivity contribution in [2.24, 2.45) is 0 Å². The van der Waals surface area contributed by atoms with Crippen LogP contribution in [0.2, 0.25) is 5.02 Å². The standard InChI is InChI=1S/C31H35ClN4O6S/c1-22-15-16-27(36(39)40)19-28(22)35(43(2,41)42)21-30(37)34(20-24-11-8-12-25(32)17-24)29(18-23-9-4-3-5-10-23)31(38)33-26-13-6-7-14-26/h3-5,8-12,15-17,19,26,29H,6-7,13-14,18,20-21H2,1-2H3,(H,33,38). The molecule has 0 saturated heterocycles. The first-order valence-corrected chi connectivity index (χ1v) is 16.3. The summed E-state index contributed by atoms with van der Waals surface area (Å²) in [7, 11) is -4.07. The summed E-state index contributed by atoms with van der Waals surface area (Å²) in [4.78, 5) is 40.4. The van der Waals surface area contributed by atoms with Crippen LogP contribution in [0.25, 0.3) is 0 Å². The third kappa shape index (κ3) is 8.55. The van der Waals surface area contributed by atoms with Crippen molar-refractivity contribution < 1.29 is 22.9 Å². The van der Waals surface area contributed by atoms with Crippen LogP contribution in [0.4, 0.5) is 11.4 Å². The molecule has 1 atom stereocenters. The van der Waals surface area contributed by atoms with E-state index in [2.05, 4.69) is 5.32 Å². The van der Waals surface area contributed by atoms with Gasteiger partial charge in [-0.05, 0) is 48.6 Å². The SMILES string of the molecule is Cc1ccc([N+](=O)[O-])cc1N(CC(=O)N(Cc1cccc(Cl)c1)C(Cc1ccccc1)C(=O)NC1CCCC1)S(C)(=O)=O. The van der Waals surface area contributed by atoms with E-state index in [0.717, 1.165) is 47.9 Å². The molecule has 228 valence electrons. The van der Waals surface area contributed by atoms with Crippen LogP contribution < -0.4 is 9.62 Å². The van der Waals surface area contributed by atoms with Crippen LogP contribution in [0.1, 0.15) is 42.4 Å². The average molecular weight is 627 g/mol. The van der Waals surface area contributed by atoms with Crippen LogP contribution >= 0.6 is 11.6 Å². The summed E-state index contributed by atoms with van der Waals surface area (Å²) in [6.45, 7) is 0.933. The number of halogens is 1. The molecule has 2 amide bonds. The summed E-state index contributed by atoms with van der Waals surface area (Å²) in [6.07, 6.45) is 4.84. The number of nitrogens with one attached hydrogen (secondary N) is 1. The lowest BCUT2D eigenvalue weighted by Gasteiger charge is -2.34. The summed E-state index contributed by atoms with van der Waals surface area (Å²) in [6, 6.07) is 19.1. The smallest absolute Gasteiger partial charge is 0.271 e. The van der Waals surface area contributed by atoms with Gasteiger partial charge in [0, 0.05) is 36.2 Å². The van der Waals surface area contributed by atoms with Gasteiger partial charge in [0.05, 0.1) is 16.9 Å². The molecule has 10 nitrogen and oxygen atoms in total. The minimum absolute atomic E-state index is 0.00562. The van der Waals surface area contributed by atoms with Gasteiger partial charge in [0.1, 0.15) is 12.6 Å². The quantitative estimate of drug-likeness (QED) is 0.222. The molecule has 0 aliphatic heterocycles. The molecular formula is C31H35ClN4O6S. The number of rotatable bonds is 12. The second-order valence-corrected chi connectivity index (χ2v) is 13.2. The van der Waals surface area contributed by atoms with Crippen LogP contribution in [-0.4, -0.2) is 54.9 Å². The number of aryl methyl sites for hydroxylation is 1. The van der Waals surface area contributed by atoms with E-state index in [1.165, 1.54) is 17.0 Å². The van der Waals surface area contributed by atoms with Gasteiger partial charge in [-0.2, -0.15) is 0 Å². The molecule has 1 N–H and O–H groups in total. The van der Waals surface area contributed by atoms with Gasteiger partial charge in [-0.3, -0.25) is 24.0 Å². The highest BCUT2D eigenvalue weighted by molar-refractivity contribution is 7.92. The number of nitrogens with zero attached hydrogens (tertiary/aromatic N) is 3. The van der Waals surface area contributed by atoms with Crippen molar-refractivity contribution in [1.82, 2.24) is 10.2 Å². The van der Waals surface area contributed by atoms with Gasteiger partial charge in [0.25, 0.3) is 5.69 Å². The van der Waals surface area contributed by atoms with Gasteiger partial charge in [-0.15, -0.1) is 0 Å². The van der Waals surface area contributed by atoms with Crippen molar-refractivity contribution in [3.05, 3.63) is 105 Å². The minimum Gasteiger partial charge on any atom is -0.352 e. The summed E-state index contributed by atoms with van der Waals surface area (Å²) >= 11 is 6.25. The molecular weight excluding hydrogens is 592 g/mol. The molecule has 12 heteroatoms. The van der Waals surface area contributed by atoms with Gasteiger partial charge in [0.15, 0.2) is 0 Å². The molecule has 0 bridgehead atoms. The minimum atomic E-state index is -4.07. The monoisotopic (exact) mass is 626 g/mol. The Morgan fingerprint density at radius 3 is 2.33 bits per heavy atom. The number of anilines is 1. The maximum Gasteiger partial charge on any atom is 0.271 e. The third-order valence-corrected chi connectivity index (χ3v) is 8.93. The third-order valence-electron chi connectivity index (χ3n) is 7.57. The van der Waals surface area contributed by atoms with Gasteiger partial charge < -0.3 is 10.2 Å². The van der Waals surface area contributed by atoms with Gasteiger partial charge in [-0.25, -0.2) is 8.42 Å². The zero-order chi connectivity index (χ0) is 31.1. The fourth-order valence-corrected chi connectivity index (χ4v) is 6.44. The van der Waals surface area contributed by atoms with Gasteiger partial charge >= 0.3 is 0 Å². The number of hydrogen-bond acceptors (Lipinski definition) is 6. The molecule has 1 fully saturated rings. The summed E-state index contributed by atoms with van der Waals surface area (Å²) in [5.41, 5.74) is 1.63. The number of amides is 2. The van der Waals surface area contributed by atoms with Crippen LogP contribution in [0.15, 0.2) is 72.8 Å².